The van der Waals surface area contributed by atoms with Crippen LogP contribution >= 0.6 is 11.6 Å². The lowest BCUT2D eigenvalue weighted by Crippen LogP contribution is -2.21. The molecule has 136 valence electrons. The highest BCUT2D eigenvalue weighted by Crippen LogP contribution is 2.33. The van der Waals surface area contributed by atoms with Crippen LogP contribution in [-0.2, 0) is 6.42 Å². The second kappa shape index (κ2) is 6.80. The Bertz CT molecular complexity index is 881. The monoisotopic (exact) mass is 371 g/mol. The van der Waals surface area contributed by atoms with Gasteiger partial charge in [-0.15, -0.1) is 0 Å². The number of hydrogen-bond acceptors (Lipinski definition) is 3. The van der Waals surface area contributed by atoms with Crippen LogP contribution in [-0.4, -0.2) is 29.8 Å². The molecule has 0 radical (unpaired) electrons. The molecule has 0 atom stereocenters. The van der Waals surface area contributed by atoms with E-state index in [9.17, 15) is 9.59 Å². The first-order chi connectivity index (χ1) is 12.5. The Balaban J connectivity index is 1.65. The molecule has 26 heavy (non-hydrogen) atoms. The number of carbonyl (C=O) groups excluding carboxylic acids is 2. The fraction of sp³-hybridized carbons (Fsp3) is 0.400. The van der Waals surface area contributed by atoms with Crippen LogP contribution in [0.1, 0.15) is 57.8 Å². The van der Waals surface area contributed by atoms with Crippen molar-refractivity contribution in [3.8, 4) is 0 Å². The molecule has 5 nitrogen and oxygen atoms in total. The van der Waals surface area contributed by atoms with E-state index >= 15 is 0 Å². The van der Waals surface area contributed by atoms with E-state index in [0.717, 1.165) is 55.7 Å². The summed E-state index contributed by atoms with van der Waals surface area (Å²) < 4.78 is 0. The van der Waals surface area contributed by atoms with E-state index in [1.165, 1.54) is 0 Å². The molecule has 2 N–H and O–H groups in total. The lowest BCUT2D eigenvalue weighted by molar-refractivity contribution is 0.0971. The Hall–Kier alpha value is -2.27. The molecule has 4 rings (SSSR count). The first-order valence-corrected chi connectivity index (χ1v) is 9.53. The summed E-state index contributed by atoms with van der Waals surface area (Å²) in [5.41, 5.74) is 4.50. The maximum absolute atomic E-state index is 12.9. The lowest BCUT2D eigenvalue weighted by atomic mass is 9.94. The number of rotatable bonds is 3. The number of nitrogens with zero attached hydrogens (tertiary/aromatic N) is 1. The Labute approximate surface area is 157 Å². The predicted molar refractivity (Wildman–Crippen MR) is 104 cm³/mol. The quantitative estimate of drug-likeness (QED) is 0.843. The largest absolute Gasteiger partial charge is 0.370 e. The topological polar surface area (TPSA) is 65.2 Å². The Morgan fingerprint density at radius 1 is 1.19 bits per heavy atom. The number of aromatic nitrogens is 1. The number of carbonyl (C=O) groups is 2. The number of hydrogen-bond donors (Lipinski definition) is 2. The Kier molecular flexibility index (Phi) is 4.49. The van der Waals surface area contributed by atoms with Crippen molar-refractivity contribution in [2.45, 2.75) is 39.0 Å². The maximum Gasteiger partial charge on any atom is 0.272 e. The summed E-state index contributed by atoms with van der Waals surface area (Å²) in [5, 5.41) is 3.59. The summed E-state index contributed by atoms with van der Waals surface area (Å²) in [7, 11) is 0. The number of Topliss-reactive ketones (excluding diaryl/α,β-unsaturated/α-hetero) is 1. The molecular formula is C20H22ClN3O2. The third-order valence-corrected chi connectivity index (χ3v) is 5.55. The number of aryl methyl sites for hydroxylation is 1. The standard InChI is InChI=1S/C20H22ClN3O2/c1-12-18-14(5-4-6-17(18)25)22-19(12)20(26)23-15-11-13(21)7-8-16(15)24-9-2-3-10-24/h7-8,11,22H,2-6,9-10H2,1H3,(H,23,26). The van der Waals surface area contributed by atoms with Crippen molar-refractivity contribution in [1.29, 1.82) is 0 Å². The van der Waals surface area contributed by atoms with E-state index in [-0.39, 0.29) is 11.7 Å². The van der Waals surface area contributed by atoms with Crippen molar-refractivity contribution in [3.05, 3.63) is 45.7 Å². The summed E-state index contributed by atoms with van der Waals surface area (Å²) in [6.45, 7) is 3.80. The Morgan fingerprint density at radius 2 is 1.96 bits per heavy atom. The Morgan fingerprint density at radius 3 is 2.69 bits per heavy atom. The molecule has 0 saturated carbocycles. The molecule has 2 heterocycles. The van der Waals surface area contributed by atoms with Gasteiger partial charge in [0, 0.05) is 35.8 Å². The molecule has 0 unspecified atom stereocenters. The summed E-state index contributed by atoms with van der Waals surface area (Å²) in [4.78, 5) is 30.6. The molecular weight excluding hydrogens is 350 g/mol. The van der Waals surface area contributed by atoms with E-state index in [1.807, 2.05) is 19.1 Å². The summed E-state index contributed by atoms with van der Waals surface area (Å²) in [6, 6.07) is 5.60. The van der Waals surface area contributed by atoms with Crippen molar-refractivity contribution < 1.29 is 9.59 Å². The van der Waals surface area contributed by atoms with E-state index in [4.69, 9.17) is 11.6 Å². The van der Waals surface area contributed by atoms with E-state index < -0.39 is 0 Å². The molecule has 2 aliphatic rings. The van der Waals surface area contributed by atoms with Gasteiger partial charge in [0.2, 0.25) is 0 Å². The fourth-order valence-electron chi connectivity index (χ4n) is 4.03. The van der Waals surface area contributed by atoms with Crippen LogP contribution < -0.4 is 10.2 Å². The van der Waals surface area contributed by atoms with Gasteiger partial charge in [0.1, 0.15) is 5.69 Å². The van der Waals surface area contributed by atoms with Gasteiger partial charge < -0.3 is 15.2 Å². The van der Waals surface area contributed by atoms with E-state index in [2.05, 4.69) is 15.2 Å². The number of anilines is 2. The van der Waals surface area contributed by atoms with Crippen molar-refractivity contribution >= 4 is 34.7 Å². The highest BCUT2D eigenvalue weighted by atomic mass is 35.5. The summed E-state index contributed by atoms with van der Waals surface area (Å²) in [6.07, 6.45) is 4.51. The SMILES string of the molecule is Cc1c(C(=O)Nc2cc(Cl)ccc2N2CCCC2)[nH]c2c1C(=O)CCC2. The number of H-pyrrole nitrogens is 1. The normalized spacial score (nSPS) is 16.7. The third kappa shape index (κ3) is 3.01. The molecule has 1 aromatic heterocycles. The van der Waals surface area contributed by atoms with Gasteiger partial charge in [-0.3, -0.25) is 9.59 Å². The molecule has 1 aromatic carbocycles. The van der Waals surface area contributed by atoms with E-state index in [0.29, 0.717) is 28.4 Å². The molecule has 1 aliphatic carbocycles. The second-order valence-electron chi connectivity index (χ2n) is 7.07. The summed E-state index contributed by atoms with van der Waals surface area (Å²) in [5.74, 6) is -0.105. The zero-order valence-electron chi connectivity index (χ0n) is 14.8. The first kappa shape index (κ1) is 17.2. The van der Waals surface area contributed by atoms with Crippen LogP contribution in [0, 0.1) is 6.92 Å². The lowest BCUT2D eigenvalue weighted by Gasteiger charge is -2.21. The third-order valence-electron chi connectivity index (χ3n) is 5.32. The highest BCUT2D eigenvalue weighted by molar-refractivity contribution is 6.31. The van der Waals surface area contributed by atoms with Gasteiger partial charge in [0.05, 0.1) is 11.4 Å². The van der Waals surface area contributed by atoms with Gasteiger partial charge in [-0.05, 0) is 56.4 Å². The van der Waals surface area contributed by atoms with Crippen LogP contribution in [0.3, 0.4) is 0 Å². The minimum atomic E-state index is -0.229. The molecule has 1 fully saturated rings. The zero-order valence-corrected chi connectivity index (χ0v) is 15.6. The minimum Gasteiger partial charge on any atom is -0.370 e. The van der Waals surface area contributed by atoms with Gasteiger partial charge in [0.25, 0.3) is 5.91 Å². The zero-order chi connectivity index (χ0) is 18.3. The molecule has 2 aromatic rings. The summed E-state index contributed by atoms with van der Waals surface area (Å²) >= 11 is 6.16. The fourth-order valence-corrected chi connectivity index (χ4v) is 4.20. The van der Waals surface area contributed by atoms with Gasteiger partial charge in [-0.25, -0.2) is 0 Å². The number of amides is 1. The van der Waals surface area contributed by atoms with Gasteiger partial charge >= 0.3 is 0 Å². The number of nitrogens with one attached hydrogen (secondary N) is 2. The molecule has 0 spiro atoms. The number of halogens is 1. The number of fused-ring (bicyclic) bond motifs is 1. The average Bonchev–Trinajstić information content (AvgIpc) is 3.24. The van der Waals surface area contributed by atoms with Gasteiger partial charge in [-0.1, -0.05) is 11.6 Å². The highest BCUT2D eigenvalue weighted by Gasteiger charge is 2.27. The second-order valence-corrected chi connectivity index (χ2v) is 7.50. The van der Waals surface area contributed by atoms with Crippen molar-refractivity contribution in [2.75, 3.05) is 23.3 Å². The van der Waals surface area contributed by atoms with Crippen molar-refractivity contribution in [1.82, 2.24) is 4.98 Å². The van der Waals surface area contributed by atoms with Crippen LogP contribution in [0.5, 0.6) is 0 Å². The maximum atomic E-state index is 12.9. The molecule has 6 heteroatoms. The van der Waals surface area contributed by atoms with Gasteiger partial charge in [-0.2, -0.15) is 0 Å². The van der Waals surface area contributed by atoms with Crippen LogP contribution in [0.4, 0.5) is 11.4 Å². The first-order valence-electron chi connectivity index (χ1n) is 9.15. The minimum absolute atomic E-state index is 0.125. The number of ketones is 1. The number of aromatic amines is 1. The van der Waals surface area contributed by atoms with Crippen molar-refractivity contribution in [2.24, 2.45) is 0 Å². The number of benzene rings is 1. The smallest absolute Gasteiger partial charge is 0.272 e. The van der Waals surface area contributed by atoms with Crippen LogP contribution in [0.25, 0.3) is 0 Å². The van der Waals surface area contributed by atoms with E-state index in [1.54, 1.807) is 6.07 Å². The predicted octanol–water partition coefficient (Wildman–Crippen LogP) is 4.35. The average molecular weight is 372 g/mol. The van der Waals surface area contributed by atoms with Gasteiger partial charge in [0.15, 0.2) is 5.78 Å². The molecule has 1 amide bonds. The van der Waals surface area contributed by atoms with Crippen LogP contribution in [0.2, 0.25) is 5.02 Å². The molecule has 1 aliphatic heterocycles. The molecule has 1 saturated heterocycles. The van der Waals surface area contributed by atoms with Crippen LogP contribution in [0.15, 0.2) is 18.2 Å². The molecule has 0 bridgehead atoms. The van der Waals surface area contributed by atoms with Crippen molar-refractivity contribution in [3.63, 3.8) is 0 Å².